The number of rotatable bonds is 4. The van der Waals surface area contributed by atoms with Crippen LogP contribution in [0.2, 0.25) is 0 Å². The van der Waals surface area contributed by atoms with Gasteiger partial charge in [0.25, 0.3) is 0 Å². The molecule has 0 bridgehead atoms. The summed E-state index contributed by atoms with van der Waals surface area (Å²) in [6.07, 6.45) is 1.40. The highest BCUT2D eigenvalue weighted by Gasteiger charge is 2.39. The Balaban J connectivity index is 2.06. The number of hydrogen-bond donors (Lipinski definition) is 2. The van der Waals surface area contributed by atoms with Crippen molar-refractivity contribution in [1.29, 1.82) is 0 Å². The van der Waals surface area contributed by atoms with Gasteiger partial charge in [0.2, 0.25) is 5.91 Å². The van der Waals surface area contributed by atoms with Crippen molar-refractivity contribution in [1.82, 2.24) is 5.32 Å². The van der Waals surface area contributed by atoms with E-state index in [0.717, 1.165) is 5.56 Å². The lowest BCUT2D eigenvalue weighted by molar-refractivity contribution is -0.136. The molecular weight excluding hydrogens is 288 g/mol. The zero-order valence-electron chi connectivity index (χ0n) is 14.8. The number of carbonyl (C=O) groups excluding carboxylic acids is 1. The highest BCUT2D eigenvalue weighted by Crippen LogP contribution is 2.31. The summed E-state index contributed by atoms with van der Waals surface area (Å²) in [5.41, 5.74) is 7.98. The molecule has 1 aliphatic heterocycles. The minimum absolute atomic E-state index is 0.0252. The summed E-state index contributed by atoms with van der Waals surface area (Å²) < 4.78 is 5.38. The molecule has 1 amide bonds. The maximum Gasteiger partial charge on any atom is 0.228 e. The highest BCUT2D eigenvalue weighted by atomic mass is 16.5. The van der Waals surface area contributed by atoms with E-state index in [4.69, 9.17) is 10.5 Å². The summed E-state index contributed by atoms with van der Waals surface area (Å²) in [5, 5.41) is 3.14. The van der Waals surface area contributed by atoms with E-state index in [9.17, 15) is 4.79 Å². The number of nitrogens with one attached hydrogen (secondary N) is 1. The molecule has 23 heavy (non-hydrogen) atoms. The van der Waals surface area contributed by atoms with Crippen LogP contribution in [0.4, 0.5) is 0 Å². The van der Waals surface area contributed by atoms with Gasteiger partial charge in [-0.15, -0.1) is 0 Å². The van der Waals surface area contributed by atoms with Crippen molar-refractivity contribution in [2.24, 2.45) is 11.1 Å². The van der Waals surface area contributed by atoms with Gasteiger partial charge >= 0.3 is 0 Å². The van der Waals surface area contributed by atoms with Crippen LogP contribution in [0, 0.1) is 5.41 Å². The molecule has 1 aromatic carbocycles. The number of hydrogen-bond acceptors (Lipinski definition) is 3. The average molecular weight is 318 g/mol. The fourth-order valence-corrected chi connectivity index (χ4v) is 2.99. The summed E-state index contributed by atoms with van der Waals surface area (Å²) in [7, 11) is 0. The monoisotopic (exact) mass is 318 g/mol. The molecule has 0 radical (unpaired) electrons. The summed E-state index contributed by atoms with van der Waals surface area (Å²) in [5.74, 6) is 0.0516. The Labute approximate surface area is 139 Å². The van der Waals surface area contributed by atoms with E-state index >= 15 is 0 Å². The lowest BCUT2D eigenvalue weighted by Crippen LogP contribution is -2.49. The minimum atomic E-state index is -0.474. The first-order valence-corrected chi connectivity index (χ1v) is 8.48. The Morgan fingerprint density at radius 2 is 1.83 bits per heavy atom. The average Bonchev–Trinajstić information content (AvgIpc) is 2.54. The Bertz CT molecular complexity index is 525. The molecule has 4 heteroatoms. The maximum atomic E-state index is 12.7. The molecular formula is C19H30N2O2. The van der Waals surface area contributed by atoms with Crippen molar-refractivity contribution in [3.05, 3.63) is 35.4 Å². The van der Waals surface area contributed by atoms with Crippen LogP contribution < -0.4 is 11.1 Å². The second-order valence-electron chi connectivity index (χ2n) is 7.66. The van der Waals surface area contributed by atoms with E-state index in [-0.39, 0.29) is 17.4 Å². The topological polar surface area (TPSA) is 64.4 Å². The molecule has 1 fully saturated rings. The van der Waals surface area contributed by atoms with E-state index < -0.39 is 5.41 Å². The van der Waals surface area contributed by atoms with Gasteiger partial charge in [-0.2, -0.15) is 0 Å². The molecule has 0 spiro atoms. The van der Waals surface area contributed by atoms with Crippen molar-refractivity contribution in [2.75, 3.05) is 19.8 Å². The molecule has 2 rings (SSSR count). The van der Waals surface area contributed by atoms with Crippen LogP contribution in [-0.4, -0.2) is 25.7 Å². The molecule has 128 valence electrons. The minimum Gasteiger partial charge on any atom is -0.381 e. The number of benzene rings is 1. The first-order valence-electron chi connectivity index (χ1n) is 8.48. The third kappa shape index (κ3) is 4.12. The third-order valence-corrected chi connectivity index (χ3v) is 4.95. The van der Waals surface area contributed by atoms with Crippen molar-refractivity contribution in [3.63, 3.8) is 0 Å². The van der Waals surface area contributed by atoms with Gasteiger partial charge in [-0.25, -0.2) is 0 Å². The quantitative estimate of drug-likeness (QED) is 0.897. The molecule has 1 saturated heterocycles. The Hall–Kier alpha value is -1.39. The zero-order valence-corrected chi connectivity index (χ0v) is 14.8. The van der Waals surface area contributed by atoms with Crippen molar-refractivity contribution < 1.29 is 9.53 Å². The second-order valence-corrected chi connectivity index (χ2v) is 7.66. The Kier molecular flexibility index (Phi) is 5.48. The molecule has 0 saturated carbocycles. The smallest absolute Gasteiger partial charge is 0.228 e. The number of amides is 1. The van der Waals surface area contributed by atoms with Gasteiger partial charge in [0.1, 0.15) is 0 Å². The SMILES string of the molecule is CC(NC(=O)C1(CN)CCOCC1)c1ccc(C(C)(C)C)cc1. The summed E-state index contributed by atoms with van der Waals surface area (Å²) in [6.45, 7) is 10.2. The van der Waals surface area contributed by atoms with Crippen LogP contribution in [-0.2, 0) is 14.9 Å². The van der Waals surface area contributed by atoms with E-state index in [2.05, 4.69) is 50.4 Å². The van der Waals surface area contributed by atoms with Crippen LogP contribution in [0.3, 0.4) is 0 Å². The van der Waals surface area contributed by atoms with E-state index in [1.54, 1.807) is 0 Å². The molecule has 1 atom stereocenters. The van der Waals surface area contributed by atoms with Gasteiger partial charge in [0.15, 0.2) is 0 Å². The lowest BCUT2D eigenvalue weighted by Gasteiger charge is -2.35. The maximum absolute atomic E-state index is 12.7. The zero-order chi connectivity index (χ0) is 17.1. The van der Waals surface area contributed by atoms with Gasteiger partial charge in [0, 0.05) is 19.8 Å². The molecule has 1 aliphatic rings. The van der Waals surface area contributed by atoms with E-state index in [1.165, 1.54) is 5.56 Å². The molecule has 1 aromatic rings. The molecule has 0 aliphatic carbocycles. The number of carbonyl (C=O) groups is 1. The lowest BCUT2D eigenvalue weighted by atomic mass is 9.79. The molecule has 0 aromatic heterocycles. The highest BCUT2D eigenvalue weighted by molar-refractivity contribution is 5.83. The van der Waals surface area contributed by atoms with Gasteiger partial charge in [-0.3, -0.25) is 4.79 Å². The summed E-state index contributed by atoms with van der Waals surface area (Å²) in [4.78, 5) is 12.7. The molecule has 1 heterocycles. The third-order valence-electron chi connectivity index (χ3n) is 4.95. The van der Waals surface area contributed by atoms with Gasteiger partial charge in [-0.05, 0) is 36.3 Å². The number of ether oxygens (including phenoxy) is 1. The van der Waals surface area contributed by atoms with Crippen LogP contribution in [0.5, 0.6) is 0 Å². The normalized spacial score (nSPS) is 19.2. The van der Waals surface area contributed by atoms with E-state index in [0.29, 0.717) is 32.6 Å². The first kappa shape index (κ1) is 18.0. The fourth-order valence-electron chi connectivity index (χ4n) is 2.99. The molecule has 3 N–H and O–H groups in total. The van der Waals surface area contributed by atoms with Gasteiger partial charge in [0.05, 0.1) is 11.5 Å². The predicted octanol–water partition coefficient (Wildman–Crippen LogP) is 2.92. The van der Waals surface area contributed by atoms with Gasteiger partial charge < -0.3 is 15.8 Å². The molecule has 1 unspecified atom stereocenters. The van der Waals surface area contributed by atoms with Crippen molar-refractivity contribution in [3.8, 4) is 0 Å². The Morgan fingerprint density at radius 3 is 2.30 bits per heavy atom. The standard InChI is InChI=1S/C19H30N2O2/c1-14(15-5-7-16(8-6-15)18(2,3)4)21-17(22)19(13-20)9-11-23-12-10-19/h5-8,14H,9-13,20H2,1-4H3,(H,21,22). The fraction of sp³-hybridized carbons (Fsp3) is 0.632. The van der Waals surface area contributed by atoms with Crippen LogP contribution in [0.25, 0.3) is 0 Å². The molecule has 4 nitrogen and oxygen atoms in total. The predicted molar refractivity (Wildman–Crippen MR) is 93.2 cm³/mol. The van der Waals surface area contributed by atoms with E-state index in [1.807, 2.05) is 6.92 Å². The van der Waals surface area contributed by atoms with Crippen LogP contribution in [0.1, 0.15) is 57.7 Å². The summed E-state index contributed by atoms with van der Waals surface area (Å²) >= 11 is 0. The van der Waals surface area contributed by atoms with Crippen LogP contribution >= 0.6 is 0 Å². The first-order chi connectivity index (χ1) is 10.8. The van der Waals surface area contributed by atoms with Crippen molar-refractivity contribution >= 4 is 5.91 Å². The van der Waals surface area contributed by atoms with Gasteiger partial charge in [-0.1, -0.05) is 45.0 Å². The second kappa shape index (κ2) is 7.02. The van der Waals surface area contributed by atoms with Crippen LogP contribution in [0.15, 0.2) is 24.3 Å². The van der Waals surface area contributed by atoms with Crippen molar-refractivity contribution in [2.45, 2.75) is 52.0 Å². The largest absolute Gasteiger partial charge is 0.381 e. The summed E-state index contributed by atoms with van der Waals surface area (Å²) in [6, 6.07) is 8.47. The number of nitrogens with two attached hydrogens (primary N) is 1. The Morgan fingerprint density at radius 1 is 1.26 bits per heavy atom.